The molecule has 0 radical (unpaired) electrons. The zero-order chi connectivity index (χ0) is 12.7. The van der Waals surface area contributed by atoms with Gasteiger partial charge < -0.3 is 14.2 Å². The predicted molar refractivity (Wildman–Crippen MR) is 53.4 cm³/mol. The normalized spacial score (nSPS) is 11.8. The highest BCUT2D eigenvalue weighted by Crippen LogP contribution is 2.01. The van der Waals surface area contributed by atoms with Crippen molar-refractivity contribution in [1.82, 2.24) is 0 Å². The average Bonchev–Trinajstić information content (AvgIpc) is 2.09. The minimum Gasteiger partial charge on any atom is -0.461 e. The van der Waals surface area contributed by atoms with Crippen LogP contribution in [-0.4, -0.2) is 36.7 Å². The van der Waals surface area contributed by atoms with E-state index in [1.165, 1.54) is 6.92 Å². The largest absolute Gasteiger partial charge is 0.461 e. The lowest BCUT2D eigenvalue weighted by atomic mass is 10.3. The van der Waals surface area contributed by atoms with Gasteiger partial charge in [-0.25, -0.2) is 4.79 Å². The van der Waals surface area contributed by atoms with Gasteiger partial charge in [0.2, 0.25) is 6.10 Å². The fourth-order valence-corrected chi connectivity index (χ4v) is 0.852. The Bertz CT molecular complexity index is 270. The Balaban J connectivity index is 4.34. The summed E-state index contributed by atoms with van der Waals surface area (Å²) in [5.41, 5.74) is 0. The molecule has 0 heterocycles. The van der Waals surface area contributed by atoms with Crippen LogP contribution in [-0.2, 0) is 28.6 Å². The molecule has 92 valence electrons. The van der Waals surface area contributed by atoms with E-state index in [-0.39, 0.29) is 12.7 Å². The molecule has 0 rings (SSSR count). The lowest BCUT2D eigenvalue weighted by molar-refractivity contribution is -0.175. The smallest absolute Gasteiger partial charge is 0.351 e. The average molecular weight is 232 g/mol. The first-order valence-electron chi connectivity index (χ1n) is 4.84. The van der Waals surface area contributed by atoms with E-state index in [1.54, 1.807) is 13.8 Å². The maximum absolute atomic E-state index is 11.4. The Labute approximate surface area is 93.8 Å². The highest BCUT2D eigenvalue weighted by atomic mass is 16.6. The monoisotopic (exact) mass is 232 g/mol. The summed E-state index contributed by atoms with van der Waals surface area (Å²) in [6.07, 6.45) is -1.54. The third kappa shape index (κ3) is 6.80. The number of ether oxygens (including phenoxy) is 3. The van der Waals surface area contributed by atoms with E-state index < -0.39 is 24.0 Å². The third-order valence-corrected chi connectivity index (χ3v) is 1.36. The van der Waals surface area contributed by atoms with Crippen LogP contribution in [0, 0.1) is 0 Å². The van der Waals surface area contributed by atoms with Crippen molar-refractivity contribution in [2.24, 2.45) is 0 Å². The summed E-state index contributed by atoms with van der Waals surface area (Å²) in [5, 5.41) is 0. The van der Waals surface area contributed by atoms with Crippen LogP contribution in [0.5, 0.6) is 0 Å². The second-order valence-electron chi connectivity index (χ2n) is 3.39. The van der Waals surface area contributed by atoms with E-state index in [0.29, 0.717) is 0 Å². The molecule has 6 heteroatoms. The minimum absolute atomic E-state index is 0.331. The summed E-state index contributed by atoms with van der Waals surface area (Å²) in [7, 11) is 0. The zero-order valence-corrected chi connectivity index (χ0v) is 9.81. The first kappa shape index (κ1) is 14.4. The molecule has 6 nitrogen and oxygen atoms in total. The molecule has 0 N–H and O–H groups in total. The highest BCUT2D eigenvalue weighted by molar-refractivity contribution is 5.79. The molecule has 1 atom stereocenters. The number of hydrogen-bond donors (Lipinski definition) is 0. The van der Waals surface area contributed by atoms with Gasteiger partial charge in [-0.3, -0.25) is 9.59 Å². The number of hydrogen-bond acceptors (Lipinski definition) is 6. The molecule has 16 heavy (non-hydrogen) atoms. The molecule has 0 unspecified atom stereocenters. The fraction of sp³-hybridized carbons (Fsp3) is 0.700. The van der Waals surface area contributed by atoms with E-state index in [0.717, 1.165) is 6.92 Å². The van der Waals surface area contributed by atoms with Crippen LogP contribution in [0.4, 0.5) is 0 Å². The lowest BCUT2D eigenvalue weighted by Gasteiger charge is -2.17. The first-order chi connectivity index (χ1) is 7.32. The summed E-state index contributed by atoms with van der Waals surface area (Å²) in [6, 6.07) is 0. The van der Waals surface area contributed by atoms with Crippen LogP contribution in [0.15, 0.2) is 0 Å². The maximum atomic E-state index is 11.4. The van der Waals surface area contributed by atoms with Crippen LogP contribution >= 0.6 is 0 Å². The van der Waals surface area contributed by atoms with Gasteiger partial charge in [0.05, 0.1) is 6.10 Å². The molecule has 0 aliphatic rings. The van der Waals surface area contributed by atoms with Crippen LogP contribution in [0.25, 0.3) is 0 Å². The minimum atomic E-state index is -1.20. The Morgan fingerprint density at radius 1 is 1.00 bits per heavy atom. The topological polar surface area (TPSA) is 78.9 Å². The van der Waals surface area contributed by atoms with Gasteiger partial charge in [-0.05, 0) is 13.8 Å². The molecule has 0 aromatic heterocycles. The van der Waals surface area contributed by atoms with Crippen molar-refractivity contribution in [3.05, 3.63) is 0 Å². The molecular formula is C10H16O6. The summed E-state index contributed by atoms with van der Waals surface area (Å²) < 4.78 is 14.1. The third-order valence-electron chi connectivity index (χ3n) is 1.36. The SMILES string of the molecule is CC(=O)OC[C@H](OC(C)=O)C(=O)OC(C)C. The quantitative estimate of drug-likeness (QED) is 0.505. The maximum Gasteiger partial charge on any atom is 0.351 e. The van der Waals surface area contributed by atoms with Gasteiger partial charge in [-0.1, -0.05) is 0 Å². The van der Waals surface area contributed by atoms with Gasteiger partial charge in [0.25, 0.3) is 0 Å². The molecule has 0 spiro atoms. The second kappa shape index (κ2) is 6.81. The fourth-order valence-electron chi connectivity index (χ4n) is 0.852. The van der Waals surface area contributed by atoms with E-state index in [1.807, 2.05) is 0 Å². The van der Waals surface area contributed by atoms with E-state index in [9.17, 15) is 14.4 Å². The first-order valence-corrected chi connectivity index (χ1v) is 4.84. The second-order valence-corrected chi connectivity index (χ2v) is 3.39. The molecule has 0 bridgehead atoms. The molecule has 0 aromatic rings. The summed E-state index contributed by atoms with van der Waals surface area (Å²) in [5.74, 6) is -1.93. The Hall–Kier alpha value is -1.59. The van der Waals surface area contributed by atoms with Gasteiger partial charge in [0, 0.05) is 13.8 Å². The van der Waals surface area contributed by atoms with Crippen molar-refractivity contribution in [2.75, 3.05) is 6.61 Å². The van der Waals surface area contributed by atoms with Crippen molar-refractivity contribution in [1.29, 1.82) is 0 Å². The molecule has 0 aliphatic heterocycles. The number of carbonyl (C=O) groups excluding carboxylic acids is 3. The van der Waals surface area contributed by atoms with Crippen molar-refractivity contribution in [3.63, 3.8) is 0 Å². The Morgan fingerprint density at radius 3 is 1.94 bits per heavy atom. The molecule has 0 saturated heterocycles. The highest BCUT2D eigenvalue weighted by Gasteiger charge is 2.25. The summed E-state index contributed by atoms with van der Waals surface area (Å²) >= 11 is 0. The molecule has 0 saturated carbocycles. The molecule has 0 aliphatic carbocycles. The van der Waals surface area contributed by atoms with Crippen molar-refractivity contribution < 1.29 is 28.6 Å². The summed E-state index contributed by atoms with van der Waals surface area (Å²) in [6.45, 7) is 5.34. The van der Waals surface area contributed by atoms with Crippen molar-refractivity contribution in [2.45, 2.75) is 39.9 Å². The van der Waals surface area contributed by atoms with E-state index >= 15 is 0 Å². The van der Waals surface area contributed by atoms with Crippen molar-refractivity contribution >= 4 is 17.9 Å². The molecular weight excluding hydrogens is 216 g/mol. The van der Waals surface area contributed by atoms with Crippen LogP contribution in [0.1, 0.15) is 27.7 Å². The van der Waals surface area contributed by atoms with Crippen LogP contribution in [0.3, 0.4) is 0 Å². The van der Waals surface area contributed by atoms with Crippen molar-refractivity contribution in [3.8, 4) is 0 Å². The summed E-state index contributed by atoms with van der Waals surface area (Å²) in [4.78, 5) is 32.7. The van der Waals surface area contributed by atoms with Gasteiger partial charge in [0.1, 0.15) is 6.61 Å². The lowest BCUT2D eigenvalue weighted by Crippen LogP contribution is -2.34. The van der Waals surface area contributed by atoms with Gasteiger partial charge >= 0.3 is 17.9 Å². The zero-order valence-electron chi connectivity index (χ0n) is 9.81. The van der Waals surface area contributed by atoms with Gasteiger partial charge in [-0.2, -0.15) is 0 Å². The van der Waals surface area contributed by atoms with Gasteiger partial charge in [0.15, 0.2) is 0 Å². The molecule has 0 amide bonds. The van der Waals surface area contributed by atoms with E-state index in [2.05, 4.69) is 9.47 Å². The van der Waals surface area contributed by atoms with E-state index in [4.69, 9.17) is 4.74 Å². The van der Waals surface area contributed by atoms with Gasteiger partial charge in [-0.15, -0.1) is 0 Å². The van der Waals surface area contributed by atoms with Crippen LogP contribution in [0.2, 0.25) is 0 Å². The number of carbonyl (C=O) groups is 3. The standard InChI is InChI=1S/C10H16O6/c1-6(2)15-10(13)9(16-8(4)12)5-14-7(3)11/h6,9H,5H2,1-4H3/t9-/m0/s1. The Morgan fingerprint density at radius 2 is 1.56 bits per heavy atom. The molecule has 0 aromatic carbocycles. The Kier molecular flexibility index (Phi) is 6.14. The predicted octanol–water partition coefficient (Wildman–Crippen LogP) is 0.433. The number of rotatable bonds is 5. The van der Waals surface area contributed by atoms with Crippen LogP contribution < -0.4 is 0 Å². The molecule has 0 fully saturated rings. The number of esters is 3.